The molecule has 0 aliphatic carbocycles. The lowest BCUT2D eigenvalue weighted by Gasteiger charge is -2.05. The van der Waals surface area contributed by atoms with Crippen LogP contribution in [-0.2, 0) is 11.2 Å². The number of aryl methyl sites for hydroxylation is 1. The van der Waals surface area contributed by atoms with Crippen LogP contribution in [0.5, 0.6) is 0 Å². The lowest BCUT2D eigenvalue weighted by molar-refractivity contribution is -0.116. The highest BCUT2D eigenvalue weighted by Crippen LogP contribution is 2.31. The van der Waals surface area contributed by atoms with Crippen molar-refractivity contribution in [2.45, 2.75) is 19.8 Å². The van der Waals surface area contributed by atoms with Crippen LogP contribution < -0.4 is 10.6 Å². The molecule has 2 amide bonds. The number of amides is 2. The predicted molar refractivity (Wildman–Crippen MR) is 109 cm³/mol. The summed E-state index contributed by atoms with van der Waals surface area (Å²) >= 11 is 1.49. The van der Waals surface area contributed by atoms with Crippen molar-refractivity contribution in [2.75, 3.05) is 11.9 Å². The molecule has 3 rings (SSSR count). The average molecular weight is 379 g/mol. The van der Waals surface area contributed by atoms with Gasteiger partial charge in [0.25, 0.3) is 5.91 Å². The molecular weight excluding hydrogens is 358 g/mol. The van der Waals surface area contributed by atoms with E-state index in [1.165, 1.54) is 11.3 Å². The van der Waals surface area contributed by atoms with Gasteiger partial charge in [-0.2, -0.15) is 0 Å². The summed E-state index contributed by atoms with van der Waals surface area (Å²) in [7, 11) is 0. The number of nitrogens with zero attached hydrogens (tertiary/aromatic N) is 1. The molecule has 1 aromatic heterocycles. The van der Waals surface area contributed by atoms with Gasteiger partial charge in [-0.1, -0.05) is 55.5 Å². The van der Waals surface area contributed by atoms with Gasteiger partial charge in [-0.25, -0.2) is 4.98 Å². The van der Waals surface area contributed by atoms with E-state index < -0.39 is 0 Å². The molecule has 0 atom stereocenters. The first-order valence-corrected chi connectivity index (χ1v) is 9.67. The summed E-state index contributed by atoms with van der Waals surface area (Å²) in [5, 5.41) is 6.18. The Hall–Kier alpha value is -2.99. The van der Waals surface area contributed by atoms with Gasteiger partial charge in [0.2, 0.25) is 5.91 Å². The standard InChI is InChI=1S/C21H21N3O2S/c1-2-17-19(15-9-5-3-6-10-15)24-21(27-17)23-18(25)13-14-22-20(26)16-11-7-4-8-12-16/h3-12H,2,13-14H2,1H3,(H,22,26)(H,23,24,25). The van der Waals surface area contributed by atoms with E-state index in [2.05, 4.69) is 22.5 Å². The van der Waals surface area contributed by atoms with Crippen molar-refractivity contribution in [1.29, 1.82) is 0 Å². The largest absolute Gasteiger partial charge is 0.352 e. The van der Waals surface area contributed by atoms with E-state index >= 15 is 0 Å². The predicted octanol–water partition coefficient (Wildman–Crippen LogP) is 4.13. The Morgan fingerprint density at radius 2 is 1.67 bits per heavy atom. The molecule has 3 aromatic rings. The molecule has 0 aliphatic rings. The topological polar surface area (TPSA) is 71.1 Å². The zero-order valence-corrected chi connectivity index (χ0v) is 15.9. The Morgan fingerprint density at radius 3 is 2.33 bits per heavy atom. The molecule has 0 aliphatic heterocycles. The van der Waals surface area contributed by atoms with Crippen molar-refractivity contribution in [3.63, 3.8) is 0 Å². The first-order valence-electron chi connectivity index (χ1n) is 8.85. The van der Waals surface area contributed by atoms with Crippen LogP contribution in [0.4, 0.5) is 5.13 Å². The summed E-state index contributed by atoms with van der Waals surface area (Å²) in [6.45, 7) is 2.35. The monoisotopic (exact) mass is 379 g/mol. The number of carbonyl (C=O) groups is 2. The number of aromatic nitrogens is 1. The maximum atomic E-state index is 12.2. The summed E-state index contributed by atoms with van der Waals surface area (Å²) in [5.74, 6) is -0.350. The smallest absolute Gasteiger partial charge is 0.251 e. The van der Waals surface area contributed by atoms with Crippen LogP contribution in [0, 0.1) is 0 Å². The van der Waals surface area contributed by atoms with Gasteiger partial charge in [-0.05, 0) is 18.6 Å². The van der Waals surface area contributed by atoms with Gasteiger partial charge in [-0.3, -0.25) is 9.59 Å². The molecule has 2 N–H and O–H groups in total. The number of carbonyl (C=O) groups excluding carboxylic acids is 2. The minimum atomic E-state index is -0.183. The molecule has 0 saturated heterocycles. The Balaban J connectivity index is 1.55. The second-order valence-electron chi connectivity index (χ2n) is 5.93. The second kappa shape index (κ2) is 9.09. The Labute approximate surface area is 162 Å². The average Bonchev–Trinajstić information content (AvgIpc) is 3.12. The third-order valence-corrected chi connectivity index (χ3v) is 5.10. The molecule has 5 nitrogen and oxygen atoms in total. The van der Waals surface area contributed by atoms with E-state index in [0.29, 0.717) is 10.7 Å². The Kier molecular flexibility index (Phi) is 6.33. The van der Waals surface area contributed by atoms with Crippen LogP contribution in [0.1, 0.15) is 28.6 Å². The van der Waals surface area contributed by atoms with Gasteiger partial charge in [0.1, 0.15) is 0 Å². The molecule has 1 heterocycles. The quantitative estimate of drug-likeness (QED) is 0.648. The Bertz CT molecular complexity index is 908. The number of rotatable bonds is 7. The van der Waals surface area contributed by atoms with Crippen LogP contribution in [0.15, 0.2) is 60.7 Å². The normalized spacial score (nSPS) is 10.4. The first kappa shape index (κ1) is 18.8. The fourth-order valence-electron chi connectivity index (χ4n) is 2.63. The Morgan fingerprint density at radius 1 is 1.00 bits per heavy atom. The van der Waals surface area contributed by atoms with Crippen molar-refractivity contribution in [3.8, 4) is 11.3 Å². The zero-order valence-electron chi connectivity index (χ0n) is 15.1. The van der Waals surface area contributed by atoms with Crippen molar-refractivity contribution >= 4 is 28.3 Å². The number of hydrogen-bond acceptors (Lipinski definition) is 4. The van der Waals surface area contributed by atoms with Crippen LogP contribution >= 0.6 is 11.3 Å². The molecular formula is C21H21N3O2S. The SMILES string of the molecule is CCc1sc(NC(=O)CCNC(=O)c2ccccc2)nc1-c1ccccc1. The van der Waals surface area contributed by atoms with Crippen molar-refractivity contribution in [1.82, 2.24) is 10.3 Å². The third kappa shape index (κ3) is 5.01. The highest BCUT2D eigenvalue weighted by molar-refractivity contribution is 7.16. The minimum Gasteiger partial charge on any atom is -0.352 e. The maximum absolute atomic E-state index is 12.2. The van der Waals surface area contributed by atoms with Gasteiger partial charge in [0, 0.05) is 29.0 Å². The van der Waals surface area contributed by atoms with Gasteiger partial charge in [-0.15, -0.1) is 11.3 Å². The molecule has 0 unspecified atom stereocenters. The molecule has 138 valence electrons. The fourth-order valence-corrected chi connectivity index (χ4v) is 3.57. The van der Waals surface area contributed by atoms with E-state index in [1.54, 1.807) is 24.3 Å². The molecule has 2 aromatic carbocycles. The molecule has 0 bridgehead atoms. The van der Waals surface area contributed by atoms with Gasteiger partial charge in [0.15, 0.2) is 5.13 Å². The van der Waals surface area contributed by atoms with E-state index in [0.717, 1.165) is 22.6 Å². The number of nitrogens with one attached hydrogen (secondary N) is 2. The summed E-state index contributed by atoms with van der Waals surface area (Å²) < 4.78 is 0. The summed E-state index contributed by atoms with van der Waals surface area (Å²) in [6, 6.07) is 18.9. The summed E-state index contributed by atoms with van der Waals surface area (Å²) in [5.41, 5.74) is 2.54. The van der Waals surface area contributed by atoms with Crippen LogP contribution in [-0.4, -0.2) is 23.3 Å². The first-order chi connectivity index (χ1) is 13.2. The van der Waals surface area contributed by atoms with Crippen molar-refractivity contribution in [2.24, 2.45) is 0 Å². The van der Waals surface area contributed by atoms with Gasteiger partial charge < -0.3 is 10.6 Å². The van der Waals surface area contributed by atoms with E-state index in [-0.39, 0.29) is 24.8 Å². The second-order valence-corrected chi connectivity index (χ2v) is 7.01. The lowest BCUT2D eigenvalue weighted by atomic mass is 10.1. The minimum absolute atomic E-state index is 0.167. The number of hydrogen-bond donors (Lipinski definition) is 2. The van der Waals surface area contributed by atoms with E-state index in [1.807, 2.05) is 36.4 Å². The molecule has 0 fully saturated rings. The summed E-state index contributed by atoms with van der Waals surface area (Å²) in [6.07, 6.45) is 1.05. The fraction of sp³-hybridized carbons (Fsp3) is 0.190. The highest BCUT2D eigenvalue weighted by atomic mass is 32.1. The van der Waals surface area contributed by atoms with Crippen LogP contribution in [0.3, 0.4) is 0 Å². The molecule has 0 radical (unpaired) electrons. The number of thiazole rings is 1. The van der Waals surface area contributed by atoms with Crippen LogP contribution in [0.25, 0.3) is 11.3 Å². The van der Waals surface area contributed by atoms with E-state index in [9.17, 15) is 9.59 Å². The third-order valence-electron chi connectivity index (χ3n) is 3.99. The van der Waals surface area contributed by atoms with Crippen molar-refractivity contribution < 1.29 is 9.59 Å². The molecule has 0 saturated carbocycles. The summed E-state index contributed by atoms with van der Waals surface area (Å²) in [4.78, 5) is 29.9. The number of benzene rings is 2. The molecule has 6 heteroatoms. The van der Waals surface area contributed by atoms with Crippen molar-refractivity contribution in [3.05, 3.63) is 71.1 Å². The highest BCUT2D eigenvalue weighted by Gasteiger charge is 2.14. The van der Waals surface area contributed by atoms with Gasteiger partial charge in [0.05, 0.1) is 5.69 Å². The molecule has 27 heavy (non-hydrogen) atoms. The maximum Gasteiger partial charge on any atom is 0.251 e. The van der Waals surface area contributed by atoms with Crippen LogP contribution in [0.2, 0.25) is 0 Å². The number of anilines is 1. The molecule has 0 spiro atoms. The zero-order chi connectivity index (χ0) is 19.1. The van der Waals surface area contributed by atoms with E-state index in [4.69, 9.17) is 0 Å². The lowest BCUT2D eigenvalue weighted by Crippen LogP contribution is -2.27. The van der Waals surface area contributed by atoms with Gasteiger partial charge >= 0.3 is 0 Å².